The molecule has 4 bridgehead atoms. The molecule has 4 aliphatic carbocycles. The summed E-state index contributed by atoms with van der Waals surface area (Å²) in [5, 5.41) is 3.99. The Kier molecular flexibility index (Phi) is 5.01. The predicted molar refractivity (Wildman–Crippen MR) is 105 cm³/mol. The van der Waals surface area contributed by atoms with Crippen LogP contribution >= 0.6 is 31.9 Å². The quantitative estimate of drug-likeness (QED) is 0.561. The number of hydrogen-bond donors (Lipinski definition) is 1. The summed E-state index contributed by atoms with van der Waals surface area (Å²) in [5.74, 6) is 3.95. The second kappa shape index (κ2) is 6.92. The molecule has 0 unspecified atom stereocenters. The lowest BCUT2D eigenvalue weighted by Crippen LogP contribution is -2.58. The van der Waals surface area contributed by atoms with Gasteiger partial charge in [0.15, 0.2) is 0 Å². The van der Waals surface area contributed by atoms with Gasteiger partial charge in [0.05, 0.1) is 11.1 Å². The summed E-state index contributed by atoms with van der Waals surface area (Å²) in [6.45, 7) is 3.83. The lowest BCUT2D eigenvalue weighted by Gasteiger charge is -2.57. The summed E-state index contributed by atoms with van der Waals surface area (Å²) in [4.78, 5) is 0. The maximum atomic E-state index is 6.04. The van der Waals surface area contributed by atoms with E-state index in [1.54, 1.807) is 0 Å². The molecular formula is C20H27Br2NO. The van der Waals surface area contributed by atoms with Crippen molar-refractivity contribution in [3.8, 4) is 5.75 Å². The summed E-state index contributed by atoms with van der Waals surface area (Å²) in [6, 6.07) is 4.29. The third kappa shape index (κ3) is 3.43. The highest BCUT2D eigenvalue weighted by Crippen LogP contribution is 2.55. The first-order chi connectivity index (χ1) is 11.6. The minimum absolute atomic E-state index is 0.394. The van der Waals surface area contributed by atoms with Crippen molar-refractivity contribution in [3.05, 3.63) is 26.6 Å². The topological polar surface area (TPSA) is 21.3 Å². The Morgan fingerprint density at radius 2 is 1.71 bits per heavy atom. The molecule has 132 valence electrons. The lowest BCUT2D eigenvalue weighted by atomic mass is 9.53. The molecule has 1 N–H and O–H groups in total. The number of halogens is 2. The minimum Gasteiger partial charge on any atom is -0.492 e. The van der Waals surface area contributed by atoms with Crippen molar-refractivity contribution >= 4 is 31.9 Å². The van der Waals surface area contributed by atoms with E-state index in [1.807, 2.05) is 0 Å². The Labute approximate surface area is 162 Å². The molecule has 4 saturated carbocycles. The highest BCUT2D eigenvalue weighted by atomic mass is 79.9. The van der Waals surface area contributed by atoms with Crippen LogP contribution in [0.4, 0.5) is 0 Å². The van der Waals surface area contributed by atoms with E-state index < -0.39 is 0 Å². The first kappa shape index (κ1) is 17.4. The molecule has 0 spiro atoms. The van der Waals surface area contributed by atoms with Gasteiger partial charge >= 0.3 is 0 Å². The fraction of sp³-hybridized carbons (Fsp3) is 0.700. The summed E-state index contributed by atoms with van der Waals surface area (Å²) < 4.78 is 8.20. The first-order valence-corrected chi connectivity index (χ1v) is 11.0. The average Bonchev–Trinajstić information content (AvgIpc) is 2.50. The number of rotatable bonds is 6. The Balaban J connectivity index is 1.51. The van der Waals surface area contributed by atoms with Gasteiger partial charge in [-0.1, -0.05) is 22.9 Å². The van der Waals surface area contributed by atoms with Gasteiger partial charge in [-0.05, 0) is 90.8 Å². The Morgan fingerprint density at radius 3 is 2.29 bits per heavy atom. The van der Waals surface area contributed by atoms with Crippen molar-refractivity contribution < 1.29 is 4.74 Å². The molecule has 0 atom stereocenters. The van der Waals surface area contributed by atoms with Crippen LogP contribution in [0.1, 0.15) is 57.4 Å². The monoisotopic (exact) mass is 455 g/mol. The second-order valence-corrected chi connectivity index (χ2v) is 10.0. The van der Waals surface area contributed by atoms with Gasteiger partial charge in [0.2, 0.25) is 0 Å². The highest BCUT2D eigenvalue weighted by Gasteiger charge is 2.50. The third-order valence-electron chi connectivity index (χ3n) is 6.23. The maximum absolute atomic E-state index is 6.04. The molecule has 0 radical (unpaired) electrons. The minimum atomic E-state index is 0.394. The molecule has 5 rings (SSSR count). The molecule has 0 aromatic heterocycles. The van der Waals surface area contributed by atoms with Crippen LogP contribution in [-0.2, 0) is 6.54 Å². The van der Waals surface area contributed by atoms with E-state index in [9.17, 15) is 0 Å². The maximum Gasteiger partial charge on any atom is 0.138 e. The van der Waals surface area contributed by atoms with Crippen molar-refractivity contribution in [2.45, 2.75) is 64.0 Å². The zero-order chi connectivity index (χ0) is 16.7. The van der Waals surface area contributed by atoms with E-state index >= 15 is 0 Å². The average molecular weight is 457 g/mol. The Hall–Kier alpha value is -0.0600. The first-order valence-electron chi connectivity index (χ1n) is 9.42. The van der Waals surface area contributed by atoms with Crippen LogP contribution in [0, 0.1) is 17.8 Å². The van der Waals surface area contributed by atoms with Crippen LogP contribution in [-0.4, -0.2) is 12.1 Å². The van der Waals surface area contributed by atoms with Crippen molar-refractivity contribution in [1.29, 1.82) is 0 Å². The fourth-order valence-electron chi connectivity index (χ4n) is 5.72. The molecule has 24 heavy (non-hydrogen) atoms. The number of nitrogens with one attached hydrogen (secondary N) is 1. The lowest BCUT2D eigenvalue weighted by molar-refractivity contribution is -0.0206. The predicted octanol–water partition coefficient (Wildman–Crippen LogP) is 6.06. The van der Waals surface area contributed by atoms with Gasteiger partial charge < -0.3 is 10.1 Å². The molecule has 1 aromatic carbocycles. The van der Waals surface area contributed by atoms with Gasteiger partial charge in [-0.25, -0.2) is 0 Å². The van der Waals surface area contributed by atoms with Crippen LogP contribution in [0.5, 0.6) is 5.75 Å². The SMILES string of the molecule is CCCOc1c(Br)cc(Br)cc1CNC12CC3CC(CC(C3)C1)C2. The normalized spacial score (nSPS) is 33.9. The van der Waals surface area contributed by atoms with Gasteiger partial charge in [-0.3, -0.25) is 0 Å². The van der Waals surface area contributed by atoms with Crippen LogP contribution in [0.25, 0.3) is 0 Å². The highest BCUT2D eigenvalue weighted by molar-refractivity contribution is 9.11. The molecule has 0 aliphatic heterocycles. The van der Waals surface area contributed by atoms with Crippen LogP contribution in [0.3, 0.4) is 0 Å². The van der Waals surface area contributed by atoms with E-state index in [-0.39, 0.29) is 0 Å². The van der Waals surface area contributed by atoms with Crippen LogP contribution in [0.15, 0.2) is 21.1 Å². The van der Waals surface area contributed by atoms with E-state index in [0.29, 0.717) is 5.54 Å². The molecule has 4 fully saturated rings. The van der Waals surface area contributed by atoms with Gasteiger partial charge in [0, 0.05) is 22.1 Å². The van der Waals surface area contributed by atoms with E-state index in [2.05, 4.69) is 56.2 Å². The zero-order valence-electron chi connectivity index (χ0n) is 14.4. The fourth-order valence-corrected chi connectivity index (χ4v) is 7.15. The smallest absolute Gasteiger partial charge is 0.138 e. The Morgan fingerprint density at radius 1 is 1.08 bits per heavy atom. The van der Waals surface area contributed by atoms with E-state index in [1.165, 1.54) is 44.1 Å². The molecule has 0 heterocycles. The van der Waals surface area contributed by atoms with Gasteiger partial charge in [-0.2, -0.15) is 0 Å². The van der Waals surface area contributed by atoms with Gasteiger partial charge in [0.25, 0.3) is 0 Å². The van der Waals surface area contributed by atoms with Gasteiger partial charge in [-0.15, -0.1) is 0 Å². The largest absolute Gasteiger partial charge is 0.492 e. The summed E-state index contributed by atoms with van der Waals surface area (Å²) in [7, 11) is 0. The number of benzene rings is 1. The van der Waals surface area contributed by atoms with Crippen molar-refractivity contribution in [2.24, 2.45) is 17.8 Å². The number of hydrogen-bond acceptors (Lipinski definition) is 2. The van der Waals surface area contributed by atoms with Crippen LogP contribution in [0.2, 0.25) is 0 Å². The third-order valence-corrected chi connectivity index (χ3v) is 7.27. The van der Waals surface area contributed by atoms with Crippen LogP contribution < -0.4 is 10.1 Å². The van der Waals surface area contributed by atoms with Crippen molar-refractivity contribution in [1.82, 2.24) is 5.32 Å². The standard InChI is InChI=1S/C20H27Br2NO/c1-2-3-24-19-16(7-17(21)8-18(19)22)12-23-20-9-13-4-14(10-20)6-15(5-13)11-20/h7-8,13-15,23H,2-6,9-12H2,1H3. The number of ether oxygens (including phenoxy) is 1. The zero-order valence-corrected chi connectivity index (χ0v) is 17.6. The van der Waals surface area contributed by atoms with E-state index in [4.69, 9.17) is 4.74 Å². The molecule has 4 heteroatoms. The van der Waals surface area contributed by atoms with Crippen molar-refractivity contribution in [3.63, 3.8) is 0 Å². The van der Waals surface area contributed by atoms with E-state index in [0.717, 1.165) is 52.0 Å². The molecule has 2 nitrogen and oxygen atoms in total. The molecule has 4 aliphatic rings. The summed E-state index contributed by atoms with van der Waals surface area (Å²) in [5.41, 5.74) is 1.66. The summed E-state index contributed by atoms with van der Waals surface area (Å²) in [6.07, 6.45) is 9.68. The Bertz CT molecular complexity index is 581. The van der Waals surface area contributed by atoms with Crippen molar-refractivity contribution in [2.75, 3.05) is 6.61 Å². The van der Waals surface area contributed by atoms with Gasteiger partial charge in [0.1, 0.15) is 5.75 Å². The molecule has 1 aromatic rings. The molecule has 0 amide bonds. The summed E-state index contributed by atoms with van der Waals surface area (Å²) >= 11 is 7.32. The molecular weight excluding hydrogens is 430 g/mol. The molecule has 0 saturated heterocycles. The second-order valence-electron chi connectivity index (χ2n) is 8.28.